The van der Waals surface area contributed by atoms with Crippen molar-refractivity contribution < 1.29 is 9.72 Å². The average molecular weight is 353 g/mol. The second kappa shape index (κ2) is 6.22. The minimum absolute atomic E-state index is 0.0384. The zero-order chi connectivity index (χ0) is 15.4. The summed E-state index contributed by atoms with van der Waals surface area (Å²) in [5.74, 6) is -0.132. The highest BCUT2D eigenvalue weighted by Crippen LogP contribution is 2.20. The number of nitro groups is 1. The molecule has 0 aliphatic rings. The van der Waals surface area contributed by atoms with E-state index in [0.29, 0.717) is 4.60 Å². The monoisotopic (exact) mass is 352 g/mol. The lowest BCUT2D eigenvalue weighted by Crippen LogP contribution is -2.16. The molecular formula is C11H9BrN6O3. The Hall–Kier alpha value is -2.62. The van der Waals surface area contributed by atoms with Crippen LogP contribution in [-0.4, -0.2) is 32.8 Å². The number of anilines is 2. The summed E-state index contributed by atoms with van der Waals surface area (Å²) in [5, 5.41) is 15.9. The van der Waals surface area contributed by atoms with Gasteiger partial charge in [0.05, 0.1) is 22.9 Å². The minimum atomic E-state index is -0.622. The number of hydrogen-bond donors (Lipinski definition) is 2. The van der Waals surface area contributed by atoms with Crippen molar-refractivity contribution in [2.75, 3.05) is 17.7 Å². The summed E-state index contributed by atoms with van der Waals surface area (Å²) in [7, 11) is 1.56. The van der Waals surface area contributed by atoms with Crippen LogP contribution in [-0.2, 0) is 0 Å². The second-order valence-corrected chi connectivity index (χ2v) is 4.59. The van der Waals surface area contributed by atoms with Gasteiger partial charge in [-0.2, -0.15) is 0 Å². The zero-order valence-electron chi connectivity index (χ0n) is 10.7. The van der Waals surface area contributed by atoms with Gasteiger partial charge in [-0.05, 0) is 15.9 Å². The number of amides is 1. The standard InChI is InChI=1S/C11H9BrN6O3/c1-13-10-7(2-6(3-16-10)18(20)21)11(19)17-9-5-14-8(12)4-15-9/h2-5H,1H3,(H,13,16)(H,15,17,19). The Morgan fingerprint density at radius 2 is 2.05 bits per heavy atom. The van der Waals surface area contributed by atoms with Crippen LogP contribution in [0.15, 0.2) is 29.3 Å². The molecule has 0 saturated carbocycles. The molecule has 0 spiro atoms. The summed E-state index contributed by atoms with van der Waals surface area (Å²) in [6.07, 6.45) is 3.84. The molecule has 108 valence electrons. The minimum Gasteiger partial charge on any atom is -0.372 e. The van der Waals surface area contributed by atoms with Gasteiger partial charge in [-0.3, -0.25) is 14.9 Å². The molecule has 0 saturated heterocycles. The van der Waals surface area contributed by atoms with Crippen molar-refractivity contribution in [1.82, 2.24) is 15.0 Å². The largest absolute Gasteiger partial charge is 0.372 e. The van der Waals surface area contributed by atoms with Crippen LogP contribution in [0.5, 0.6) is 0 Å². The Morgan fingerprint density at radius 1 is 1.29 bits per heavy atom. The van der Waals surface area contributed by atoms with Crippen molar-refractivity contribution >= 4 is 39.2 Å². The molecule has 0 fully saturated rings. The molecule has 2 aromatic heterocycles. The SMILES string of the molecule is CNc1ncc([N+](=O)[O-])cc1C(=O)Nc1cnc(Br)cn1. The smallest absolute Gasteiger partial charge is 0.288 e. The molecule has 10 heteroatoms. The number of nitrogens with zero attached hydrogens (tertiary/aromatic N) is 4. The number of carbonyl (C=O) groups is 1. The van der Waals surface area contributed by atoms with E-state index in [1.165, 1.54) is 12.4 Å². The molecule has 0 radical (unpaired) electrons. The maximum Gasteiger partial charge on any atom is 0.288 e. The summed E-state index contributed by atoms with van der Waals surface area (Å²) in [6.45, 7) is 0. The van der Waals surface area contributed by atoms with E-state index in [2.05, 4.69) is 41.5 Å². The molecule has 2 rings (SSSR count). The molecule has 0 aliphatic carbocycles. The summed E-state index contributed by atoms with van der Waals surface area (Å²) in [4.78, 5) is 34.0. The first-order valence-corrected chi connectivity index (χ1v) is 6.41. The van der Waals surface area contributed by atoms with Crippen LogP contribution in [0.4, 0.5) is 17.3 Å². The molecule has 21 heavy (non-hydrogen) atoms. The number of rotatable bonds is 4. The van der Waals surface area contributed by atoms with Crippen LogP contribution in [0.3, 0.4) is 0 Å². The molecule has 9 nitrogen and oxygen atoms in total. The topological polar surface area (TPSA) is 123 Å². The Kier molecular flexibility index (Phi) is 4.38. The van der Waals surface area contributed by atoms with Crippen molar-refractivity contribution in [2.24, 2.45) is 0 Å². The fourth-order valence-electron chi connectivity index (χ4n) is 1.49. The van der Waals surface area contributed by atoms with E-state index in [-0.39, 0.29) is 22.9 Å². The van der Waals surface area contributed by atoms with Crippen LogP contribution in [0, 0.1) is 10.1 Å². The fraction of sp³-hybridized carbons (Fsp3) is 0.0909. The van der Waals surface area contributed by atoms with Gasteiger partial charge < -0.3 is 10.6 Å². The van der Waals surface area contributed by atoms with Crippen LogP contribution >= 0.6 is 15.9 Å². The predicted octanol–water partition coefficient (Wildman–Crippen LogP) is 1.84. The molecule has 2 aromatic rings. The third-order valence-corrected chi connectivity index (χ3v) is 2.84. The van der Waals surface area contributed by atoms with Crippen molar-refractivity contribution in [3.8, 4) is 0 Å². The van der Waals surface area contributed by atoms with Gasteiger partial charge in [0.25, 0.3) is 11.6 Å². The number of aromatic nitrogens is 3. The van der Waals surface area contributed by atoms with Crippen LogP contribution in [0.2, 0.25) is 0 Å². The van der Waals surface area contributed by atoms with Gasteiger partial charge in [-0.1, -0.05) is 0 Å². The predicted molar refractivity (Wildman–Crippen MR) is 78.1 cm³/mol. The summed E-state index contributed by atoms with van der Waals surface area (Å²) in [5.41, 5.74) is -0.238. The third-order valence-electron chi connectivity index (χ3n) is 2.43. The molecular weight excluding hydrogens is 344 g/mol. The molecule has 0 atom stereocenters. The van der Waals surface area contributed by atoms with E-state index in [0.717, 1.165) is 12.3 Å². The lowest BCUT2D eigenvalue weighted by Gasteiger charge is -2.08. The Morgan fingerprint density at radius 3 is 2.62 bits per heavy atom. The number of nitrogens with one attached hydrogen (secondary N) is 2. The molecule has 0 aromatic carbocycles. The number of hydrogen-bond acceptors (Lipinski definition) is 7. The number of pyridine rings is 1. The molecule has 0 aliphatic heterocycles. The number of carbonyl (C=O) groups excluding carboxylic acids is 1. The normalized spacial score (nSPS) is 10.0. The first-order valence-electron chi connectivity index (χ1n) is 5.62. The van der Waals surface area contributed by atoms with Crippen molar-refractivity contribution in [2.45, 2.75) is 0 Å². The summed E-state index contributed by atoms with van der Waals surface area (Å²) >= 11 is 3.12. The highest BCUT2D eigenvalue weighted by atomic mass is 79.9. The molecule has 2 heterocycles. The zero-order valence-corrected chi connectivity index (χ0v) is 12.3. The quantitative estimate of drug-likeness (QED) is 0.635. The molecule has 1 amide bonds. The third kappa shape index (κ3) is 3.48. The highest BCUT2D eigenvalue weighted by Gasteiger charge is 2.18. The van der Waals surface area contributed by atoms with E-state index < -0.39 is 10.8 Å². The van der Waals surface area contributed by atoms with Gasteiger partial charge in [0.1, 0.15) is 16.6 Å². The maximum atomic E-state index is 12.2. The van der Waals surface area contributed by atoms with E-state index in [1.807, 2.05) is 0 Å². The molecule has 2 N–H and O–H groups in total. The van der Waals surface area contributed by atoms with Crippen molar-refractivity contribution in [3.63, 3.8) is 0 Å². The Bertz CT molecular complexity index is 691. The van der Waals surface area contributed by atoms with Gasteiger partial charge in [0.15, 0.2) is 5.82 Å². The van der Waals surface area contributed by atoms with Gasteiger partial charge in [0.2, 0.25) is 0 Å². The van der Waals surface area contributed by atoms with Crippen LogP contribution in [0.1, 0.15) is 10.4 Å². The van der Waals surface area contributed by atoms with Crippen molar-refractivity contribution in [1.29, 1.82) is 0 Å². The van der Waals surface area contributed by atoms with Crippen LogP contribution < -0.4 is 10.6 Å². The van der Waals surface area contributed by atoms with Gasteiger partial charge in [0, 0.05) is 13.1 Å². The fourth-order valence-corrected chi connectivity index (χ4v) is 1.69. The van der Waals surface area contributed by atoms with E-state index in [1.54, 1.807) is 7.05 Å². The first-order chi connectivity index (χ1) is 10.0. The van der Waals surface area contributed by atoms with Crippen molar-refractivity contribution in [3.05, 3.63) is 44.9 Å². The summed E-state index contributed by atoms with van der Waals surface area (Å²) < 4.78 is 0.522. The number of halogens is 1. The summed E-state index contributed by atoms with van der Waals surface area (Å²) in [6, 6.07) is 1.14. The van der Waals surface area contributed by atoms with E-state index >= 15 is 0 Å². The lowest BCUT2D eigenvalue weighted by molar-refractivity contribution is -0.385. The first kappa shape index (κ1) is 14.8. The van der Waals surface area contributed by atoms with E-state index in [4.69, 9.17) is 0 Å². The molecule has 0 bridgehead atoms. The molecule has 0 unspecified atom stereocenters. The highest BCUT2D eigenvalue weighted by molar-refractivity contribution is 9.10. The van der Waals surface area contributed by atoms with Crippen LogP contribution in [0.25, 0.3) is 0 Å². The maximum absolute atomic E-state index is 12.2. The Labute approximate surface area is 127 Å². The van der Waals surface area contributed by atoms with Gasteiger partial charge in [-0.25, -0.2) is 15.0 Å². The van der Waals surface area contributed by atoms with Gasteiger partial charge >= 0.3 is 0 Å². The second-order valence-electron chi connectivity index (χ2n) is 3.78. The van der Waals surface area contributed by atoms with E-state index in [9.17, 15) is 14.9 Å². The van der Waals surface area contributed by atoms with Gasteiger partial charge in [-0.15, -0.1) is 0 Å². The average Bonchev–Trinajstić information content (AvgIpc) is 2.48. The lowest BCUT2D eigenvalue weighted by atomic mass is 10.2. The Balaban J connectivity index is 2.30.